The topological polar surface area (TPSA) is 70.2 Å². The summed E-state index contributed by atoms with van der Waals surface area (Å²) in [6, 6.07) is 11.6. The minimum absolute atomic E-state index is 0.238. The van der Waals surface area contributed by atoms with Gasteiger partial charge in [0, 0.05) is 23.8 Å². The van der Waals surface area contributed by atoms with Crippen molar-refractivity contribution in [2.24, 2.45) is 5.92 Å². The van der Waals surface area contributed by atoms with Crippen LogP contribution in [0.25, 0.3) is 0 Å². The molecule has 0 aliphatic carbocycles. The fourth-order valence-corrected chi connectivity index (χ4v) is 2.63. The molecule has 5 nitrogen and oxygen atoms in total. The predicted octanol–water partition coefficient (Wildman–Crippen LogP) is 4.70. The van der Waals surface area contributed by atoms with Crippen LogP contribution in [0.3, 0.4) is 0 Å². The maximum Gasteiger partial charge on any atom is 0.319 e. The molecule has 0 aromatic heterocycles. The lowest BCUT2D eigenvalue weighted by molar-refractivity contribution is 0.0949. The number of halogens is 2. The Kier molecular flexibility index (Phi) is 7.30. The average Bonchev–Trinajstić information content (AvgIpc) is 2.59. The summed E-state index contributed by atoms with van der Waals surface area (Å²) in [6.45, 7) is 4.89. The molecule has 0 saturated carbocycles. The molecule has 0 fully saturated rings. The van der Waals surface area contributed by atoms with Crippen LogP contribution >= 0.6 is 23.2 Å². The summed E-state index contributed by atoms with van der Waals surface area (Å²) in [5.41, 5.74) is 1.68. The molecule has 0 aliphatic heterocycles. The van der Waals surface area contributed by atoms with E-state index in [1.165, 1.54) is 0 Å². The zero-order chi connectivity index (χ0) is 19.1. The van der Waals surface area contributed by atoms with Crippen molar-refractivity contribution in [2.45, 2.75) is 20.4 Å². The number of carbonyl (C=O) groups excluding carboxylic acids is 2. The fraction of sp³-hybridized carbons (Fsp3) is 0.263. The summed E-state index contributed by atoms with van der Waals surface area (Å²) in [5.74, 6) is 0.110. The zero-order valence-electron chi connectivity index (χ0n) is 14.6. The molecule has 26 heavy (non-hydrogen) atoms. The maximum absolute atomic E-state index is 12.1. The van der Waals surface area contributed by atoms with Crippen molar-refractivity contribution < 1.29 is 9.59 Å². The summed E-state index contributed by atoms with van der Waals surface area (Å²) >= 11 is 12.2. The Labute approximate surface area is 163 Å². The Balaban J connectivity index is 1.93. The summed E-state index contributed by atoms with van der Waals surface area (Å²) in [5, 5.41) is 9.07. The molecule has 2 aromatic rings. The minimum Gasteiger partial charge on any atom is -0.352 e. The number of urea groups is 1. The molecule has 2 rings (SSSR count). The van der Waals surface area contributed by atoms with E-state index in [0.717, 1.165) is 5.56 Å². The Morgan fingerprint density at radius 3 is 2.38 bits per heavy atom. The molecular formula is C19H21Cl2N3O2. The summed E-state index contributed by atoms with van der Waals surface area (Å²) in [4.78, 5) is 24.1. The highest BCUT2D eigenvalue weighted by Gasteiger charge is 2.12. The van der Waals surface area contributed by atoms with E-state index in [-0.39, 0.29) is 10.9 Å². The van der Waals surface area contributed by atoms with Crippen molar-refractivity contribution in [2.75, 3.05) is 11.9 Å². The lowest BCUT2D eigenvalue weighted by Crippen LogP contribution is -2.29. The SMILES string of the molecule is CC(C)CNC(=O)c1ccc(NC(=O)NCc2ccccc2Cl)cc1Cl. The van der Waals surface area contributed by atoms with Gasteiger partial charge in [0.1, 0.15) is 0 Å². The highest BCUT2D eigenvalue weighted by atomic mass is 35.5. The first-order chi connectivity index (χ1) is 12.4. The van der Waals surface area contributed by atoms with Gasteiger partial charge in [-0.2, -0.15) is 0 Å². The van der Waals surface area contributed by atoms with Gasteiger partial charge in [-0.3, -0.25) is 4.79 Å². The second-order valence-corrected chi connectivity index (χ2v) is 7.01. The van der Waals surface area contributed by atoms with Crippen LogP contribution in [0.5, 0.6) is 0 Å². The first kappa shape index (κ1) is 20.1. The molecule has 0 spiro atoms. The molecule has 0 radical (unpaired) electrons. The average molecular weight is 394 g/mol. The van der Waals surface area contributed by atoms with Crippen LogP contribution in [-0.2, 0) is 6.54 Å². The molecule has 0 bridgehead atoms. The summed E-state index contributed by atoms with van der Waals surface area (Å²) < 4.78 is 0. The molecular weight excluding hydrogens is 373 g/mol. The van der Waals surface area contributed by atoms with Crippen LogP contribution in [0.1, 0.15) is 29.8 Å². The van der Waals surface area contributed by atoms with Gasteiger partial charge in [-0.15, -0.1) is 0 Å². The van der Waals surface area contributed by atoms with E-state index in [1.807, 2.05) is 32.0 Å². The van der Waals surface area contributed by atoms with Crippen LogP contribution in [-0.4, -0.2) is 18.5 Å². The molecule has 0 heterocycles. The standard InChI is InChI=1S/C19H21Cl2N3O2/c1-12(2)10-22-18(25)15-8-7-14(9-17(15)21)24-19(26)23-11-13-5-3-4-6-16(13)20/h3-9,12H,10-11H2,1-2H3,(H,22,25)(H2,23,24,26). The van der Waals surface area contributed by atoms with Gasteiger partial charge in [0.25, 0.3) is 5.91 Å². The van der Waals surface area contributed by atoms with Crippen molar-refractivity contribution in [1.29, 1.82) is 0 Å². The van der Waals surface area contributed by atoms with Gasteiger partial charge in [-0.05, 0) is 35.7 Å². The Morgan fingerprint density at radius 1 is 1.00 bits per heavy atom. The first-order valence-corrected chi connectivity index (χ1v) is 8.98. The number of anilines is 1. The number of carbonyl (C=O) groups is 2. The normalized spacial score (nSPS) is 10.5. The van der Waals surface area contributed by atoms with Crippen molar-refractivity contribution >= 4 is 40.8 Å². The lowest BCUT2D eigenvalue weighted by Gasteiger charge is -2.11. The third-order valence-electron chi connectivity index (χ3n) is 3.54. The van der Waals surface area contributed by atoms with Gasteiger partial charge in [-0.25, -0.2) is 4.79 Å². The Hall–Kier alpha value is -2.24. The molecule has 138 valence electrons. The van der Waals surface area contributed by atoms with E-state index in [1.54, 1.807) is 24.3 Å². The number of hydrogen-bond acceptors (Lipinski definition) is 2. The second kappa shape index (κ2) is 9.46. The van der Waals surface area contributed by atoms with E-state index >= 15 is 0 Å². The highest BCUT2D eigenvalue weighted by molar-refractivity contribution is 6.34. The van der Waals surface area contributed by atoms with Crippen LogP contribution in [0.4, 0.5) is 10.5 Å². The van der Waals surface area contributed by atoms with E-state index in [0.29, 0.717) is 35.3 Å². The van der Waals surface area contributed by atoms with Crippen LogP contribution < -0.4 is 16.0 Å². The second-order valence-electron chi connectivity index (χ2n) is 6.20. The smallest absolute Gasteiger partial charge is 0.319 e. The Bertz CT molecular complexity index is 794. The van der Waals surface area contributed by atoms with Crippen molar-refractivity contribution in [3.05, 3.63) is 63.6 Å². The van der Waals surface area contributed by atoms with Gasteiger partial charge in [0.2, 0.25) is 0 Å². The molecule has 0 saturated heterocycles. The zero-order valence-corrected chi connectivity index (χ0v) is 16.1. The lowest BCUT2D eigenvalue weighted by atomic mass is 10.1. The number of hydrogen-bond donors (Lipinski definition) is 3. The van der Waals surface area contributed by atoms with Crippen LogP contribution in [0.15, 0.2) is 42.5 Å². The number of nitrogens with one attached hydrogen (secondary N) is 3. The molecule has 7 heteroatoms. The number of rotatable bonds is 6. The van der Waals surface area contributed by atoms with Crippen molar-refractivity contribution in [3.63, 3.8) is 0 Å². The fourth-order valence-electron chi connectivity index (χ4n) is 2.16. The molecule has 3 amide bonds. The van der Waals surface area contributed by atoms with Crippen molar-refractivity contribution in [3.8, 4) is 0 Å². The van der Waals surface area contributed by atoms with Gasteiger partial charge in [0.15, 0.2) is 0 Å². The van der Waals surface area contributed by atoms with E-state index < -0.39 is 6.03 Å². The predicted molar refractivity (Wildman–Crippen MR) is 106 cm³/mol. The minimum atomic E-state index is -0.391. The molecule has 0 atom stereocenters. The monoisotopic (exact) mass is 393 g/mol. The molecule has 2 aromatic carbocycles. The number of benzene rings is 2. The van der Waals surface area contributed by atoms with E-state index in [2.05, 4.69) is 16.0 Å². The summed E-state index contributed by atoms with van der Waals surface area (Å²) in [7, 11) is 0. The maximum atomic E-state index is 12.1. The van der Waals surface area contributed by atoms with Gasteiger partial charge in [-0.1, -0.05) is 55.2 Å². The van der Waals surface area contributed by atoms with Gasteiger partial charge >= 0.3 is 6.03 Å². The van der Waals surface area contributed by atoms with E-state index in [9.17, 15) is 9.59 Å². The van der Waals surface area contributed by atoms with Crippen molar-refractivity contribution in [1.82, 2.24) is 10.6 Å². The largest absolute Gasteiger partial charge is 0.352 e. The number of amides is 3. The van der Waals surface area contributed by atoms with Crippen LogP contribution in [0.2, 0.25) is 10.0 Å². The summed E-state index contributed by atoms with van der Waals surface area (Å²) in [6.07, 6.45) is 0. The molecule has 3 N–H and O–H groups in total. The first-order valence-electron chi connectivity index (χ1n) is 8.23. The highest BCUT2D eigenvalue weighted by Crippen LogP contribution is 2.21. The van der Waals surface area contributed by atoms with E-state index in [4.69, 9.17) is 23.2 Å². The van der Waals surface area contributed by atoms with Gasteiger partial charge in [0.05, 0.1) is 10.6 Å². The third kappa shape index (κ3) is 5.93. The quantitative estimate of drug-likeness (QED) is 0.665. The Morgan fingerprint density at radius 2 is 1.73 bits per heavy atom. The van der Waals surface area contributed by atoms with Gasteiger partial charge < -0.3 is 16.0 Å². The van der Waals surface area contributed by atoms with Crippen LogP contribution in [0, 0.1) is 5.92 Å². The third-order valence-corrected chi connectivity index (χ3v) is 4.22. The molecule has 0 aliphatic rings. The molecule has 0 unspecified atom stereocenters.